The van der Waals surface area contributed by atoms with E-state index in [1.165, 1.54) is 6.33 Å². The van der Waals surface area contributed by atoms with Crippen LogP contribution in [0.4, 0.5) is 5.82 Å². The lowest BCUT2D eigenvalue weighted by Gasteiger charge is -2.07. The molecule has 94 valence electrons. The zero-order chi connectivity index (χ0) is 12.8. The Morgan fingerprint density at radius 2 is 2.17 bits per heavy atom. The Morgan fingerprint density at radius 1 is 1.28 bits per heavy atom. The van der Waals surface area contributed by atoms with E-state index in [1.807, 2.05) is 6.07 Å². The van der Waals surface area contributed by atoms with Gasteiger partial charge in [0.1, 0.15) is 17.9 Å². The fourth-order valence-corrected chi connectivity index (χ4v) is 1.66. The van der Waals surface area contributed by atoms with Crippen LogP contribution in [0.3, 0.4) is 0 Å². The molecule has 6 heteroatoms. The third kappa shape index (κ3) is 3.66. The summed E-state index contributed by atoms with van der Waals surface area (Å²) in [4.78, 5) is 12.2. The minimum absolute atomic E-state index is 0.489. The van der Waals surface area contributed by atoms with Crippen LogP contribution in [0, 0.1) is 0 Å². The highest BCUT2D eigenvalue weighted by Gasteiger charge is 2.02. The molecule has 18 heavy (non-hydrogen) atoms. The van der Waals surface area contributed by atoms with Gasteiger partial charge in [0.05, 0.1) is 6.20 Å². The van der Waals surface area contributed by atoms with E-state index in [1.54, 1.807) is 18.5 Å². The average molecular weight is 309 g/mol. The number of nitrogens with one attached hydrogen (secondary N) is 1. The van der Waals surface area contributed by atoms with Gasteiger partial charge in [0.25, 0.3) is 0 Å². The van der Waals surface area contributed by atoms with Crippen molar-refractivity contribution in [2.24, 2.45) is 0 Å². The molecule has 2 aromatic rings. The second-order valence-corrected chi connectivity index (χ2v) is 4.52. The smallest absolute Gasteiger partial charge is 0.224 e. The molecule has 0 saturated heterocycles. The summed E-state index contributed by atoms with van der Waals surface area (Å²) >= 11 is 3.34. The van der Waals surface area contributed by atoms with Crippen LogP contribution in [0.2, 0.25) is 0 Å². The second-order valence-electron chi connectivity index (χ2n) is 3.61. The van der Waals surface area contributed by atoms with Gasteiger partial charge in [0, 0.05) is 23.3 Å². The predicted octanol–water partition coefficient (Wildman–Crippen LogP) is 3.25. The maximum absolute atomic E-state index is 5.60. The van der Waals surface area contributed by atoms with Gasteiger partial charge in [-0.25, -0.2) is 9.97 Å². The van der Waals surface area contributed by atoms with Crippen LogP contribution >= 0.6 is 15.9 Å². The third-order valence-electron chi connectivity index (χ3n) is 2.10. The lowest BCUT2D eigenvalue weighted by Crippen LogP contribution is -2.02. The normalized spacial score (nSPS) is 10.1. The van der Waals surface area contributed by atoms with Gasteiger partial charge in [-0.05, 0) is 28.4 Å². The molecular formula is C12H13BrN4O. The number of halogens is 1. The lowest BCUT2D eigenvalue weighted by atomic mass is 10.4. The molecule has 2 aromatic heterocycles. The largest absolute Gasteiger partial charge is 0.437 e. The topological polar surface area (TPSA) is 59.9 Å². The first-order valence-electron chi connectivity index (χ1n) is 5.62. The third-order valence-corrected chi connectivity index (χ3v) is 2.53. The number of hydrogen-bond acceptors (Lipinski definition) is 5. The summed E-state index contributed by atoms with van der Waals surface area (Å²) in [6.45, 7) is 2.97. The summed E-state index contributed by atoms with van der Waals surface area (Å²) in [5.41, 5.74) is 0. The molecule has 2 rings (SSSR count). The number of aromatic nitrogens is 3. The Bertz CT molecular complexity index is 521. The van der Waals surface area contributed by atoms with Crippen LogP contribution in [-0.2, 0) is 0 Å². The van der Waals surface area contributed by atoms with Crippen LogP contribution in [0.1, 0.15) is 13.3 Å². The molecule has 0 aliphatic carbocycles. The van der Waals surface area contributed by atoms with Crippen LogP contribution in [0.15, 0.2) is 35.3 Å². The minimum Gasteiger partial charge on any atom is -0.437 e. The minimum atomic E-state index is 0.489. The van der Waals surface area contributed by atoms with Crippen LogP contribution in [-0.4, -0.2) is 21.5 Å². The van der Waals surface area contributed by atoms with Crippen molar-refractivity contribution in [1.82, 2.24) is 15.0 Å². The van der Waals surface area contributed by atoms with E-state index in [2.05, 4.69) is 43.1 Å². The summed E-state index contributed by atoms with van der Waals surface area (Å²) in [6, 6.07) is 3.59. The second kappa shape index (κ2) is 6.30. The van der Waals surface area contributed by atoms with Crippen molar-refractivity contribution in [2.75, 3.05) is 11.9 Å². The number of hydrogen-bond donors (Lipinski definition) is 1. The van der Waals surface area contributed by atoms with Crippen molar-refractivity contribution in [3.63, 3.8) is 0 Å². The lowest BCUT2D eigenvalue weighted by molar-refractivity contribution is 0.459. The zero-order valence-corrected chi connectivity index (χ0v) is 11.5. The Morgan fingerprint density at radius 3 is 2.94 bits per heavy atom. The van der Waals surface area contributed by atoms with E-state index in [-0.39, 0.29) is 0 Å². The molecule has 0 spiro atoms. The molecule has 0 aromatic carbocycles. The predicted molar refractivity (Wildman–Crippen MR) is 72.8 cm³/mol. The van der Waals surface area contributed by atoms with Crippen molar-refractivity contribution in [2.45, 2.75) is 13.3 Å². The molecule has 0 fully saturated rings. The first kappa shape index (κ1) is 12.8. The van der Waals surface area contributed by atoms with Crippen molar-refractivity contribution in [3.8, 4) is 11.6 Å². The standard InChI is InChI=1S/C12H13BrN4O/c1-2-3-15-11-5-12(17-8-16-11)18-10-4-9(13)6-14-7-10/h4-8H,2-3H2,1H3,(H,15,16,17). The van der Waals surface area contributed by atoms with Crippen molar-refractivity contribution in [3.05, 3.63) is 35.3 Å². The summed E-state index contributed by atoms with van der Waals surface area (Å²) in [7, 11) is 0. The molecule has 0 aliphatic heterocycles. The first-order chi connectivity index (χ1) is 8.78. The van der Waals surface area contributed by atoms with E-state index >= 15 is 0 Å². The Hall–Kier alpha value is -1.69. The van der Waals surface area contributed by atoms with Crippen LogP contribution in [0.25, 0.3) is 0 Å². The SMILES string of the molecule is CCCNc1cc(Oc2cncc(Br)c2)ncn1. The van der Waals surface area contributed by atoms with Gasteiger partial charge in [0.15, 0.2) is 0 Å². The molecule has 0 bridgehead atoms. The molecule has 0 radical (unpaired) electrons. The molecular weight excluding hydrogens is 296 g/mol. The average Bonchev–Trinajstić information content (AvgIpc) is 2.37. The summed E-state index contributed by atoms with van der Waals surface area (Å²) < 4.78 is 6.46. The monoisotopic (exact) mass is 308 g/mol. The summed E-state index contributed by atoms with van der Waals surface area (Å²) in [5, 5.41) is 3.18. The summed E-state index contributed by atoms with van der Waals surface area (Å²) in [5.74, 6) is 1.87. The number of anilines is 1. The quantitative estimate of drug-likeness (QED) is 0.918. The fourth-order valence-electron chi connectivity index (χ4n) is 1.31. The van der Waals surface area contributed by atoms with Crippen molar-refractivity contribution >= 4 is 21.7 Å². The molecule has 5 nitrogen and oxygen atoms in total. The fraction of sp³-hybridized carbons (Fsp3) is 0.250. The number of nitrogens with zero attached hydrogens (tertiary/aromatic N) is 3. The van der Waals surface area contributed by atoms with Gasteiger partial charge in [-0.15, -0.1) is 0 Å². The van der Waals surface area contributed by atoms with E-state index in [0.29, 0.717) is 11.6 Å². The van der Waals surface area contributed by atoms with Gasteiger partial charge in [-0.1, -0.05) is 6.92 Å². The molecule has 0 saturated carbocycles. The highest BCUT2D eigenvalue weighted by Crippen LogP contribution is 2.22. The van der Waals surface area contributed by atoms with E-state index in [0.717, 1.165) is 23.3 Å². The van der Waals surface area contributed by atoms with Crippen LogP contribution < -0.4 is 10.1 Å². The molecule has 0 aliphatic rings. The molecule has 2 heterocycles. The number of rotatable bonds is 5. The van der Waals surface area contributed by atoms with Crippen molar-refractivity contribution < 1.29 is 4.74 Å². The van der Waals surface area contributed by atoms with Crippen LogP contribution in [0.5, 0.6) is 11.6 Å². The van der Waals surface area contributed by atoms with E-state index < -0.39 is 0 Å². The Kier molecular flexibility index (Phi) is 4.46. The van der Waals surface area contributed by atoms with Gasteiger partial charge >= 0.3 is 0 Å². The summed E-state index contributed by atoms with van der Waals surface area (Å²) in [6.07, 6.45) is 5.83. The highest BCUT2D eigenvalue weighted by atomic mass is 79.9. The molecule has 0 unspecified atom stereocenters. The maximum atomic E-state index is 5.60. The molecule has 1 N–H and O–H groups in total. The Labute approximate surface area is 114 Å². The molecule has 0 atom stereocenters. The highest BCUT2D eigenvalue weighted by molar-refractivity contribution is 9.10. The van der Waals surface area contributed by atoms with Gasteiger partial charge in [0.2, 0.25) is 5.88 Å². The van der Waals surface area contributed by atoms with Crippen molar-refractivity contribution in [1.29, 1.82) is 0 Å². The van der Waals surface area contributed by atoms with Gasteiger partial charge in [-0.3, -0.25) is 4.98 Å². The molecule has 0 amide bonds. The Balaban J connectivity index is 2.09. The van der Waals surface area contributed by atoms with Gasteiger partial charge < -0.3 is 10.1 Å². The maximum Gasteiger partial charge on any atom is 0.224 e. The number of pyridine rings is 1. The first-order valence-corrected chi connectivity index (χ1v) is 6.41. The zero-order valence-electron chi connectivity index (χ0n) is 9.93. The van der Waals surface area contributed by atoms with E-state index in [9.17, 15) is 0 Å². The van der Waals surface area contributed by atoms with E-state index in [4.69, 9.17) is 4.74 Å². The van der Waals surface area contributed by atoms with Gasteiger partial charge in [-0.2, -0.15) is 0 Å². The number of ether oxygens (including phenoxy) is 1.